The first-order chi connectivity index (χ1) is 17.5. The van der Waals surface area contributed by atoms with Crippen molar-refractivity contribution in [1.82, 2.24) is 14.5 Å². The number of halogens is 3. The van der Waals surface area contributed by atoms with Crippen molar-refractivity contribution >= 4 is 34.4 Å². The average molecular weight is 516 g/mol. The number of aliphatic hydroxyl groups excluding tert-OH is 2. The molecule has 0 saturated carbocycles. The van der Waals surface area contributed by atoms with Crippen LogP contribution in [0.5, 0.6) is 11.5 Å². The maximum absolute atomic E-state index is 12.8. The lowest BCUT2D eigenvalue weighted by atomic mass is 10.0. The summed E-state index contributed by atoms with van der Waals surface area (Å²) in [4.78, 5) is 20.7. The highest BCUT2D eigenvalue weighted by atomic mass is 19.4. The highest BCUT2D eigenvalue weighted by Gasteiger charge is 2.33. The van der Waals surface area contributed by atoms with Crippen molar-refractivity contribution in [3.63, 3.8) is 0 Å². The number of carbonyl (C=O) groups excluding carboxylic acids is 1. The van der Waals surface area contributed by atoms with E-state index < -0.39 is 36.4 Å². The Kier molecular flexibility index (Phi) is 7.03. The van der Waals surface area contributed by atoms with Crippen molar-refractivity contribution in [3.05, 3.63) is 66.4 Å². The van der Waals surface area contributed by atoms with Crippen LogP contribution in [0.1, 0.15) is 5.56 Å². The van der Waals surface area contributed by atoms with E-state index in [1.54, 1.807) is 35.9 Å². The van der Waals surface area contributed by atoms with Crippen LogP contribution in [0.25, 0.3) is 11.0 Å². The molecule has 4 aromatic rings. The van der Waals surface area contributed by atoms with Gasteiger partial charge in [-0.3, -0.25) is 4.79 Å². The van der Waals surface area contributed by atoms with Crippen LogP contribution in [0.4, 0.5) is 30.6 Å². The number of fused-ring (bicyclic) bond motifs is 1. The van der Waals surface area contributed by atoms with Gasteiger partial charge >= 0.3 is 6.18 Å². The summed E-state index contributed by atoms with van der Waals surface area (Å²) in [6.45, 7) is -1.52. The molecule has 0 radical (unpaired) electrons. The monoisotopic (exact) mass is 516 g/mol. The molecule has 0 aliphatic heterocycles. The van der Waals surface area contributed by atoms with Gasteiger partial charge in [-0.25, -0.2) is 9.97 Å². The van der Waals surface area contributed by atoms with E-state index in [0.29, 0.717) is 28.7 Å². The van der Waals surface area contributed by atoms with Crippen LogP contribution in [0.3, 0.4) is 0 Å². The Balaban J connectivity index is 1.50. The van der Waals surface area contributed by atoms with E-state index in [1.165, 1.54) is 24.4 Å². The van der Waals surface area contributed by atoms with E-state index in [2.05, 4.69) is 20.6 Å². The van der Waals surface area contributed by atoms with Crippen molar-refractivity contribution < 1.29 is 32.9 Å². The smallest absolute Gasteiger partial charge is 0.416 e. The first-order valence-corrected chi connectivity index (χ1v) is 10.9. The largest absolute Gasteiger partial charge is 0.457 e. The first-order valence-electron chi connectivity index (χ1n) is 10.9. The zero-order chi connectivity index (χ0) is 26.8. The second-order valence-corrected chi connectivity index (χ2v) is 8.25. The van der Waals surface area contributed by atoms with E-state index >= 15 is 0 Å². The van der Waals surface area contributed by atoms with Crippen molar-refractivity contribution in [3.8, 4) is 11.5 Å². The summed E-state index contributed by atoms with van der Waals surface area (Å²) < 4.78 is 46.0. The molecule has 0 unspecified atom stereocenters. The standard InChI is InChI=1S/C24H23F3N6O4/c1-33-19-7-6-16(37-17-8-9-29-20(11-17)32-21(36)23(28,12-34)13-35)10-18(19)31-22(33)30-15-4-2-14(3-5-15)24(25,26)27/h2-11,34-35H,12-13,28H2,1H3,(H,30,31)(H,29,32,36). The summed E-state index contributed by atoms with van der Waals surface area (Å²) in [5.74, 6) is 0.457. The van der Waals surface area contributed by atoms with Gasteiger partial charge in [-0.15, -0.1) is 0 Å². The van der Waals surface area contributed by atoms with Gasteiger partial charge in [0.1, 0.15) is 22.9 Å². The molecule has 194 valence electrons. The molecule has 10 nitrogen and oxygen atoms in total. The van der Waals surface area contributed by atoms with Gasteiger partial charge in [-0.2, -0.15) is 13.2 Å². The van der Waals surface area contributed by atoms with Gasteiger partial charge in [0.15, 0.2) is 0 Å². The lowest BCUT2D eigenvalue weighted by Gasteiger charge is -2.22. The number of hydrogen-bond donors (Lipinski definition) is 5. The van der Waals surface area contributed by atoms with Crippen LogP contribution in [0.2, 0.25) is 0 Å². The summed E-state index contributed by atoms with van der Waals surface area (Å²) >= 11 is 0. The molecule has 0 saturated heterocycles. The molecule has 0 fully saturated rings. The molecule has 0 aliphatic rings. The molecule has 0 aliphatic carbocycles. The number of amides is 1. The number of nitrogens with two attached hydrogens (primary N) is 1. The lowest BCUT2D eigenvalue weighted by molar-refractivity contribution is -0.137. The van der Waals surface area contributed by atoms with Gasteiger partial charge in [0.05, 0.1) is 29.8 Å². The molecule has 2 aromatic carbocycles. The van der Waals surface area contributed by atoms with E-state index in [1.807, 2.05) is 0 Å². The Hall–Kier alpha value is -4.20. The third kappa shape index (κ3) is 5.63. The Morgan fingerprint density at radius 3 is 2.38 bits per heavy atom. The Morgan fingerprint density at radius 1 is 1.05 bits per heavy atom. The molecule has 6 N–H and O–H groups in total. The molecule has 0 bridgehead atoms. The highest BCUT2D eigenvalue weighted by Crippen LogP contribution is 2.31. The van der Waals surface area contributed by atoms with Crippen LogP contribution in [0, 0.1) is 0 Å². The zero-order valence-corrected chi connectivity index (χ0v) is 19.5. The summed E-state index contributed by atoms with van der Waals surface area (Å²) in [6, 6.07) is 12.8. The minimum atomic E-state index is -4.41. The fourth-order valence-electron chi connectivity index (χ4n) is 3.34. The maximum atomic E-state index is 12.8. The maximum Gasteiger partial charge on any atom is 0.416 e. The summed E-state index contributed by atoms with van der Waals surface area (Å²) in [5.41, 5.74) is 4.80. The minimum absolute atomic E-state index is 0.0983. The van der Waals surface area contributed by atoms with E-state index in [4.69, 9.17) is 10.5 Å². The predicted molar refractivity (Wildman–Crippen MR) is 129 cm³/mol. The van der Waals surface area contributed by atoms with Crippen LogP contribution in [0.15, 0.2) is 60.8 Å². The number of aromatic nitrogens is 3. The number of pyridine rings is 1. The number of aryl methyl sites for hydroxylation is 1. The number of imidazole rings is 1. The Bertz CT molecular complexity index is 1420. The summed E-state index contributed by atoms with van der Waals surface area (Å²) in [7, 11) is 1.76. The van der Waals surface area contributed by atoms with Gasteiger partial charge in [0.2, 0.25) is 11.9 Å². The molecule has 4 rings (SSSR count). The lowest BCUT2D eigenvalue weighted by Crippen LogP contribution is -2.57. The highest BCUT2D eigenvalue weighted by molar-refractivity contribution is 5.97. The number of nitrogens with one attached hydrogen (secondary N) is 2. The summed E-state index contributed by atoms with van der Waals surface area (Å²) in [6.07, 6.45) is -3.02. The van der Waals surface area contributed by atoms with Gasteiger partial charge < -0.3 is 35.9 Å². The normalized spacial score (nSPS) is 12.0. The zero-order valence-electron chi connectivity index (χ0n) is 19.5. The molecule has 0 atom stereocenters. The van der Waals surface area contributed by atoms with Gasteiger partial charge in [-0.05, 0) is 42.5 Å². The molecule has 2 aromatic heterocycles. The Labute approximate surface area is 208 Å². The molecule has 2 heterocycles. The number of nitrogens with zero attached hydrogens (tertiary/aromatic N) is 3. The van der Waals surface area contributed by atoms with Crippen LogP contribution in [-0.4, -0.2) is 49.4 Å². The topological polar surface area (TPSA) is 148 Å². The van der Waals surface area contributed by atoms with Crippen LogP contribution in [-0.2, 0) is 18.0 Å². The molecule has 0 spiro atoms. The van der Waals surface area contributed by atoms with Crippen LogP contribution < -0.4 is 21.1 Å². The molecular weight excluding hydrogens is 493 g/mol. The molecule has 1 amide bonds. The van der Waals surface area contributed by atoms with Gasteiger partial charge in [0, 0.05) is 31.1 Å². The second-order valence-electron chi connectivity index (χ2n) is 8.25. The van der Waals surface area contributed by atoms with Crippen molar-refractivity contribution in [2.75, 3.05) is 23.8 Å². The van der Waals surface area contributed by atoms with E-state index in [0.717, 1.165) is 17.6 Å². The number of aliphatic hydroxyl groups is 2. The molecule has 37 heavy (non-hydrogen) atoms. The Morgan fingerprint density at radius 2 is 1.73 bits per heavy atom. The second kappa shape index (κ2) is 10.0. The third-order valence-electron chi connectivity index (χ3n) is 5.55. The fourth-order valence-corrected chi connectivity index (χ4v) is 3.34. The van der Waals surface area contributed by atoms with E-state index in [9.17, 15) is 28.2 Å². The molecule has 13 heteroatoms. The number of rotatable bonds is 8. The van der Waals surface area contributed by atoms with Gasteiger partial charge in [-0.1, -0.05) is 0 Å². The van der Waals surface area contributed by atoms with E-state index in [-0.39, 0.29) is 5.82 Å². The number of alkyl halides is 3. The quantitative estimate of drug-likeness (QED) is 0.240. The number of ether oxygens (including phenoxy) is 1. The van der Waals surface area contributed by atoms with Gasteiger partial charge in [0.25, 0.3) is 0 Å². The van der Waals surface area contributed by atoms with Crippen molar-refractivity contribution in [1.29, 1.82) is 0 Å². The summed E-state index contributed by atoms with van der Waals surface area (Å²) in [5, 5.41) is 24.0. The third-order valence-corrected chi connectivity index (χ3v) is 5.55. The number of carbonyl (C=O) groups is 1. The molecular formula is C24H23F3N6O4. The number of hydrogen-bond acceptors (Lipinski definition) is 8. The average Bonchev–Trinajstić information content (AvgIpc) is 3.17. The van der Waals surface area contributed by atoms with Crippen LogP contribution >= 0.6 is 0 Å². The fraction of sp³-hybridized carbons (Fsp3) is 0.208. The number of anilines is 3. The van der Waals surface area contributed by atoms with Crippen molar-refractivity contribution in [2.45, 2.75) is 11.7 Å². The van der Waals surface area contributed by atoms with Crippen molar-refractivity contribution in [2.24, 2.45) is 12.8 Å². The predicted octanol–water partition coefficient (Wildman–Crippen LogP) is 3.14. The SMILES string of the molecule is Cn1c(Nc2ccc(C(F)(F)F)cc2)nc2cc(Oc3ccnc(NC(=O)C(N)(CO)CO)c3)ccc21. The minimum Gasteiger partial charge on any atom is -0.457 e. The first kappa shape index (κ1) is 25.9. The number of benzene rings is 2.